The first-order chi connectivity index (χ1) is 6.54. The van der Waals surface area contributed by atoms with Gasteiger partial charge in [0.2, 0.25) is 5.91 Å². The van der Waals surface area contributed by atoms with E-state index in [4.69, 9.17) is 12.3 Å². The molecule has 1 rings (SSSR count). The topological polar surface area (TPSA) is 47.5 Å². The molecule has 1 amide bonds. The first-order valence-corrected chi connectivity index (χ1v) is 4.37. The number of carbonyl (C=O) groups excluding carboxylic acids is 1. The minimum atomic E-state index is -0.489. The Balaban J connectivity index is 3.29. The maximum atomic E-state index is 11.0. The monoisotopic (exact) mass is 188 g/mol. The Labute approximate surface area is 83.4 Å². The lowest BCUT2D eigenvalue weighted by Crippen LogP contribution is -2.11. The molecule has 3 heteroatoms. The molecule has 14 heavy (non-hydrogen) atoms. The van der Waals surface area contributed by atoms with Gasteiger partial charge in [-0.1, -0.05) is 25.5 Å². The minimum Gasteiger partial charge on any atom is -0.366 e. The summed E-state index contributed by atoms with van der Waals surface area (Å²) in [6.07, 6.45) is 0. The predicted octanol–water partition coefficient (Wildman–Crippen LogP) is 2.46. The van der Waals surface area contributed by atoms with Crippen LogP contribution in [0.25, 0.3) is 4.85 Å². The average molecular weight is 188 g/mol. The van der Waals surface area contributed by atoms with Gasteiger partial charge in [-0.05, 0) is 18.1 Å². The fraction of sp³-hybridized carbons (Fsp3) is 0.273. The van der Waals surface area contributed by atoms with E-state index in [9.17, 15) is 4.79 Å². The Hall–Kier alpha value is -1.82. The van der Waals surface area contributed by atoms with Crippen molar-refractivity contribution in [3.8, 4) is 0 Å². The molecule has 2 N–H and O–H groups in total. The number of primary amides is 1. The number of amides is 1. The van der Waals surface area contributed by atoms with Crippen molar-refractivity contribution in [3.05, 3.63) is 40.7 Å². The molecule has 0 aromatic heterocycles. The third kappa shape index (κ3) is 2.11. The fourth-order valence-corrected chi connectivity index (χ4v) is 1.17. The highest BCUT2D eigenvalue weighted by Crippen LogP contribution is 2.23. The van der Waals surface area contributed by atoms with E-state index in [1.165, 1.54) is 6.07 Å². The van der Waals surface area contributed by atoms with Crippen LogP contribution in [0, 0.1) is 6.57 Å². The third-order valence-electron chi connectivity index (χ3n) is 2.02. The largest absolute Gasteiger partial charge is 0.366 e. The van der Waals surface area contributed by atoms with Crippen LogP contribution in [-0.2, 0) is 0 Å². The van der Waals surface area contributed by atoms with Crippen LogP contribution in [0.5, 0.6) is 0 Å². The molecule has 0 saturated heterocycles. The molecule has 0 fully saturated rings. The van der Waals surface area contributed by atoms with Gasteiger partial charge >= 0.3 is 0 Å². The Morgan fingerprint density at radius 1 is 1.43 bits per heavy atom. The Kier molecular flexibility index (Phi) is 2.88. The molecule has 0 bridgehead atoms. The SMILES string of the molecule is [C-]#[N+]c1cc(C(N)=O)cc(C(C)C)c1. The summed E-state index contributed by atoms with van der Waals surface area (Å²) in [5.74, 6) is -0.202. The lowest BCUT2D eigenvalue weighted by molar-refractivity contribution is 0.100. The smallest absolute Gasteiger partial charge is 0.247 e. The molecule has 0 saturated carbocycles. The van der Waals surface area contributed by atoms with Crippen molar-refractivity contribution in [2.24, 2.45) is 5.73 Å². The minimum absolute atomic E-state index is 0.287. The van der Waals surface area contributed by atoms with Crippen molar-refractivity contribution in [1.82, 2.24) is 0 Å². The standard InChI is InChI=1S/C11H12N2O/c1-7(2)8-4-9(11(12)14)6-10(5-8)13-3/h4-7H,1-2H3,(H2,12,14). The van der Waals surface area contributed by atoms with Crippen LogP contribution in [0.1, 0.15) is 35.7 Å². The Morgan fingerprint density at radius 3 is 2.50 bits per heavy atom. The van der Waals surface area contributed by atoms with E-state index >= 15 is 0 Å². The average Bonchev–Trinajstić information content (AvgIpc) is 2.16. The van der Waals surface area contributed by atoms with Gasteiger partial charge in [0.25, 0.3) is 0 Å². The fourth-order valence-electron chi connectivity index (χ4n) is 1.17. The Morgan fingerprint density at radius 2 is 2.07 bits per heavy atom. The molecule has 72 valence electrons. The molecular weight excluding hydrogens is 176 g/mol. The van der Waals surface area contributed by atoms with Gasteiger partial charge in [0.15, 0.2) is 5.69 Å². The van der Waals surface area contributed by atoms with Crippen LogP contribution in [-0.4, -0.2) is 5.91 Å². The van der Waals surface area contributed by atoms with Crippen LogP contribution in [0.2, 0.25) is 0 Å². The van der Waals surface area contributed by atoms with Crippen molar-refractivity contribution in [1.29, 1.82) is 0 Å². The number of benzene rings is 1. The van der Waals surface area contributed by atoms with Gasteiger partial charge in [-0.15, -0.1) is 0 Å². The van der Waals surface area contributed by atoms with E-state index in [1.54, 1.807) is 12.1 Å². The predicted molar refractivity (Wildman–Crippen MR) is 55.3 cm³/mol. The van der Waals surface area contributed by atoms with E-state index in [0.717, 1.165) is 5.56 Å². The summed E-state index contributed by atoms with van der Waals surface area (Å²) >= 11 is 0. The summed E-state index contributed by atoms with van der Waals surface area (Å²) in [5, 5.41) is 0. The molecule has 0 spiro atoms. The van der Waals surface area contributed by atoms with Crippen molar-refractivity contribution in [3.63, 3.8) is 0 Å². The van der Waals surface area contributed by atoms with Gasteiger partial charge in [0.1, 0.15) is 0 Å². The molecule has 0 aliphatic carbocycles. The summed E-state index contributed by atoms with van der Waals surface area (Å²) in [6, 6.07) is 5.03. The van der Waals surface area contributed by atoms with E-state index in [1.807, 2.05) is 13.8 Å². The molecule has 0 radical (unpaired) electrons. The van der Waals surface area contributed by atoms with Crippen LogP contribution in [0.4, 0.5) is 5.69 Å². The second-order valence-electron chi connectivity index (χ2n) is 3.44. The summed E-state index contributed by atoms with van der Waals surface area (Å²) in [7, 11) is 0. The molecule has 0 aliphatic rings. The van der Waals surface area contributed by atoms with Crippen molar-refractivity contribution >= 4 is 11.6 Å². The van der Waals surface area contributed by atoms with Crippen molar-refractivity contribution in [2.75, 3.05) is 0 Å². The first-order valence-electron chi connectivity index (χ1n) is 4.37. The summed E-state index contributed by atoms with van der Waals surface area (Å²) in [6.45, 7) is 10.9. The van der Waals surface area contributed by atoms with Gasteiger partial charge in [-0.25, -0.2) is 4.85 Å². The van der Waals surface area contributed by atoms with Gasteiger partial charge in [0, 0.05) is 5.56 Å². The second-order valence-corrected chi connectivity index (χ2v) is 3.44. The van der Waals surface area contributed by atoms with E-state index in [2.05, 4.69) is 4.85 Å². The van der Waals surface area contributed by atoms with Gasteiger partial charge < -0.3 is 5.73 Å². The van der Waals surface area contributed by atoms with Gasteiger partial charge in [-0.3, -0.25) is 4.79 Å². The van der Waals surface area contributed by atoms with Crippen molar-refractivity contribution < 1.29 is 4.79 Å². The number of nitrogens with two attached hydrogens (primary N) is 1. The lowest BCUT2D eigenvalue weighted by Gasteiger charge is -2.07. The second kappa shape index (κ2) is 3.93. The maximum absolute atomic E-state index is 11.0. The number of hydrogen-bond donors (Lipinski definition) is 1. The molecule has 0 aliphatic heterocycles. The number of carbonyl (C=O) groups is 1. The third-order valence-corrected chi connectivity index (χ3v) is 2.02. The number of rotatable bonds is 2. The van der Waals surface area contributed by atoms with Gasteiger partial charge in [0.05, 0.1) is 6.57 Å². The highest BCUT2D eigenvalue weighted by atomic mass is 16.1. The molecule has 0 atom stereocenters. The van der Waals surface area contributed by atoms with Crippen LogP contribution in [0.3, 0.4) is 0 Å². The normalized spacial score (nSPS) is 9.86. The lowest BCUT2D eigenvalue weighted by atomic mass is 10.00. The highest BCUT2D eigenvalue weighted by molar-refractivity contribution is 5.94. The summed E-state index contributed by atoms with van der Waals surface area (Å²) in [4.78, 5) is 14.3. The molecule has 1 aromatic carbocycles. The summed E-state index contributed by atoms with van der Waals surface area (Å²) < 4.78 is 0. The zero-order valence-electron chi connectivity index (χ0n) is 8.24. The first kappa shape index (κ1) is 10.3. The zero-order chi connectivity index (χ0) is 10.7. The van der Waals surface area contributed by atoms with Crippen molar-refractivity contribution in [2.45, 2.75) is 19.8 Å². The maximum Gasteiger partial charge on any atom is 0.247 e. The van der Waals surface area contributed by atoms with E-state index in [0.29, 0.717) is 11.3 Å². The Bertz CT molecular complexity index is 402. The van der Waals surface area contributed by atoms with Gasteiger partial charge in [-0.2, -0.15) is 0 Å². The van der Waals surface area contributed by atoms with Crippen LogP contribution in [0.15, 0.2) is 18.2 Å². The molecular formula is C11H12N2O. The molecule has 0 unspecified atom stereocenters. The summed E-state index contributed by atoms with van der Waals surface area (Å²) in [5.41, 5.74) is 7.00. The molecule has 1 aromatic rings. The number of nitrogens with zero attached hydrogens (tertiary/aromatic N) is 1. The quantitative estimate of drug-likeness (QED) is 0.712. The zero-order valence-corrected chi connectivity index (χ0v) is 8.24. The number of hydrogen-bond acceptors (Lipinski definition) is 1. The van der Waals surface area contributed by atoms with Crippen LogP contribution < -0.4 is 5.73 Å². The highest BCUT2D eigenvalue weighted by Gasteiger charge is 2.07. The molecule has 0 heterocycles. The van der Waals surface area contributed by atoms with E-state index < -0.39 is 5.91 Å². The van der Waals surface area contributed by atoms with Crippen LogP contribution >= 0.6 is 0 Å². The molecule has 3 nitrogen and oxygen atoms in total. The van der Waals surface area contributed by atoms with E-state index in [-0.39, 0.29) is 5.92 Å².